The largest absolute Gasteiger partial charge is 0.384 e. The van der Waals surface area contributed by atoms with Gasteiger partial charge in [0.25, 0.3) is 0 Å². The second kappa shape index (κ2) is 6.74. The van der Waals surface area contributed by atoms with E-state index < -0.39 is 0 Å². The highest BCUT2D eigenvalue weighted by atomic mass is 15.0. The first-order valence-corrected chi connectivity index (χ1v) is 7.23. The van der Waals surface area contributed by atoms with Gasteiger partial charge in [-0.05, 0) is 24.8 Å². The number of aromatic nitrogens is 1. The van der Waals surface area contributed by atoms with Crippen LogP contribution in [0.3, 0.4) is 0 Å². The average Bonchev–Trinajstić information content (AvgIpc) is 3.23. The van der Waals surface area contributed by atoms with Gasteiger partial charge >= 0.3 is 0 Å². The van der Waals surface area contributed by atoms with Crippen molar-refractivity contribution in [2.24, 2.45) is 5.92 Å². The minimum Gasteiger partial charge on any atom is -0.384 e. The van der Waals surface area contributed by atoms with Crippen molar-refractivity contribution in [1.82, 2.24) is 10.3 Å². The van der Waals surface area contributed by atoms with Gasteiger partial charge in [0.15, 0.2) is 0 Å². The molecule has 0 amide bonds. The molecule has 0 bridgehead atoms. The van der Waals surface area contributed by atoms with Crippen molar-refractivity contribution in [2.45, 2.75) is 52.1 Å². The van der Waals surface area contributed by atoms with E-state index in [-0.39, 0.29) is 0 Å². The summed E-state index contributed by atoms with van der Waals surface area (Å²) in [6.45, 7) is 6.52. The average molecular weight is 247 g/mol. The summed E-state index contributed by atoms with van der Waals surface area (Å²) in [6.07, 6.45) is 8.99. The van der Waals surface area contributed by atoms with E-state index in [1.54, 1.807) is 0 Å². The van der Waals surface area contributed by atoms with E-state index in [2.05, 4.69) is 35.5 Å². The normalized spacial score (nSPS) is 15.1. The smallest absolute Gasteiger partial charge is 0.0416 e. The van der Waals surface area contributed by atoms with E-state index in [4.69, 9.17) is 0 Å². The second-order valence-corrected chi connectivity index (χ2v) is 5.25. The fourth-order valence-electron chi connectivity index (χ4n) is 2.11. The van der Waals surface area contributed by atoms with Gasteiger partial charge in [0.2, 0.25) is 0 Å². The van der Waals surface area contributed by atoms with E-state index in [0.29, 0.717) is 0 Å². The van der Waals surface area contributed by atoms with Crippen molar-refractivity contribution in [3.8, 4) is 0 Å². The Morgan fingerprint density at radius 2 is 2.11 bits per heavy atom. The predicted octanol–water partition coefficient (Wildman–Crippen LogP) is 3.18. The first-order chi connectivity index (χ1) is 8.83. The predicted molar refractivity (Wildman–Crippen MR) is 76.7 cm³/mol. The molecular weight excluding hydrogens is 222 g/mol. The van der Waals surface area contributed by atoms with Crippen LogP contribution in [0.2, 0.25) is 0 Å². The van der Waals surface area contributed by atoms with Crippen LogP contribution in [0, 0.1) is 5.92 Å². The highest BCUT2D eigenvalue weighted by Gasteiger charge is 2.20. The zero-order chi connectivity index (χ0) is 12.8. The maximum absolute atomic E-state index is 4.23. The van der Waals surface area contributed by atoms with E-state index in [9.17, 15) is 0 Å². The molecule has 0 atom stereocenters. The number of nitrogens with one attached hydrogen (secondary N) is 2. The fourth-order valence-corrected chi connectivity index (χ4v) is 2.11. The van der Waals surface area contributed by atoms with Crippen molar-refractivity contribution < 1.29 is 0 Å². The van der Waals surface area contributed by atoms with Gasteiger partial charge in [-0.1, -0.05) is 26.7 Å². The zero-order valence-corrected chi connectivity index (χ0v) is 11.6. The first-order valence-electron chi connectivity index (χ1n) is 7.23. The van der Waals surface area contributed by atoms with Crippen LogP contribution >= 0.6 is 0 Å². The third-order valence-corrected chi connectivity index (χ3v) is 3.80. The molecule has 18 heavy (non-hydrogen) atoms. The Bertz CT molecular complexity index is 357. The van der Waals surface area contributed by atoms with Gasteiger partial charge in [0.05, 0.1) is 0 Å². The molecule has 100 valence electrons. The molecular formula is C15H25N3. The van der Waals surface area contributed by atoms with Gasteiger partial charge in [0, 0.05) is 42.8 Å². The summed E-state index contributed by atoms with van der Waals surface area (Å²) in [4.78, 5) is 4.23. The lowest BCUT2D eigenvalue weighted by Gasteiger charge is -2.16. The molecule has 0 radical (unpaired) electrons. The van der Waals surface area contributed by atoms with Gasteiger partial charge in [0.1, 0.15) is 0 Å². The Hall–Kier alpha value is -1.09. The van der Waals surface area contributed by atoms with Crippen LogP contribution in [-0.4, -0.2) is 17.6 Å². The van der Waals surface area contributed by atoms with Crippen LogP contribution in [0.15, 0.2) is 18.5 Å². The monoisotopic (exact) mass is 247 g/mol. The molecule has 0 aliphatic heterocycles. The Labute approximate surface area is 110 Å². The number of hydrogen-bond donors (Lipinski definition) is 2. The Kier molecular flexibility index (Phi) is 5.00. The summed E-state index contributed by atoms with van der Waals surface area (Å²) in [6, 6.07) is 2.84. The second-order valence-electron chi connectivity index (χ2n) is 5.25. The number of rotatable bonds is 8. The number of nitrogens with zero attached hydrogens (tertiary/aromatic N) is 1. The standard InChI is InChI=1S/C15H25N3/c1-3-12(4-2)9-18-15-7-8-16-10-13(15)11-17-14-5-6-14/h7-8,10,12,14,17H,3-6,9,11H2,1-2H3,(H,16,18). The van der Waals surface area contributed by atoms with Gasteiger partial charge in [-0.15, -0.1) is 0 Å². The SMILES string of the molecule is CCC(CC)CNc1ccncc1CNC1CC1. The Balaban J connectivity index is 1.88. The van der Waals surface area contributed by atoms with Gasteiger partial charge in [-0.25, -0.2) is 0 Å². The number of pyridine rings is 1. The maximum atomic E-state index is 4.23. The highest BCUT2D eigenvalue weighted by molar-refractivity contribution is 5.49. The zero-order valence-electron chi connectivity index (χ0n) is 11.6. The van der Waals surface area contributed by atoms with Crippen molar-refractivity contribution >= 4 is 5.69 Å². The molecule has 1 fully saturated rings. The molecule has 0 aromatic carbocycles. The van der Waals surface area contributed by atoms with Crippen LogP contribution in [0.25, 0.3) is 0 Å². The lowest BCUT2D eigenvalue weighted by molar-refractivity contribution is 0.518. The minimum absolute atomic E-state index is 0.747. The number of hydrogen-bond acceptors (Lipinski definition) is 3. The molecule has 1 heterocycles. The molecule has 2 rings (SSSR count). The lowest BCUT2D eigenvalue weighted by atomic mass is 10.0. The van der Waals surface area contributed by atoms with Crippen molar-refractivity contribution in [3.05, 3.63) is 24.0 Å². The summed E-state index contributed by atoms with van der Waals surface area (Å²) < 4.78 is 0. The Morgan fingerprint density at radius 1 is 1.33 bits per heavy atom. The fraction of sp³-hybridized carbons (Fsp3) is 0.667. The minimum atomic E-state index is 0.747. The summed E-state index contributed by atoms with van der Waals surface area (Å²) in [5.41, 5.74) is 2.53. The van der Waals surface area contributed by atoms with Crippen molar-refractivity contribution in [2.75, 3.05) is 11.9 Å². The molecule has 1 aromatic heterocycles. The quantitative estimate of drug-likeness (QED) is 0.741. The van der Waals surface area contributed by atoms with Crippen molar-refractivity contribution in [1.29, 1.82) is 0 Å². The molecule has 1 aliphatic carbocycles. The summed E-state index contributed by atoms with van der Waals surface area (Å²) in [5.74, 6) is 0.766. The maximum Gasteiger partial charge on any atom is 0.0416 e. The van der Waals surface area contributed by atoms with Crippen LogP contribution in [-0.2, 0) is 6.54 Å². The van der Waals surface area contributed by atoms with Crippen LogP contribution in [0.1, 0.15) is 45.1 Å². The topological polar surface area (TPSA) is 37.0 Å². The molecule has 0 saturated heterocycles. The molecule has 1 saturated carbocycles. The lowest BCUT2D eigenvalue weighted by Crippen LogP contribution is -2.18. The first kappa shape index (κ1) is 13.3. The van der Waals surface area contributed by atoms with Crippen LogP contribution in [0.5, 0.6) is 0 Å². The van der Waals surface area contributed by atoms with Crippen molar-refractivity contribution in [3.63, 3.8) is 0 Å². The van der Waals surface area contributed by atoms with Gasteiger partial charge in [-0.3, -0.25) is 4.98 Å². The summed E-state index contributed by atoms with van der Waals surface area (Å²) >= 11 is 0. The Morgan fingerprint density at radius 3 is 2.78 bits per heavy atom. The third kappa shape index (κ3) is 3.98. The summed E-state index contributed by atoms with van der Waals surface area (Å²) in [5, 5.41) is 7.13. The molecule has 1 aliphatic rings. The van der Waals surface area contributed by atoms with E-state index in [1.807, 2.05) is 12.4 Å². The number of anilines is 1. The van der Waals surface area contributed by atoms with E-state index >= 15 is 0 Å². The third-order valence-electron chi connectivity index (χ3n) is 3.80. The van der Waals surface area contributed by atoms with E-state index in [1.165, 1.54) is 36.9 Å². The van der Waals surface area contributed by atoms with E-state index in [0.717, 1.165) is 25.0 Å². The molecule has 0 spiro atoms. The molecule has 0 unspecified atom stereocenters. The molecule has 3 nitrogen and oxygen atoms in total. The molecule has 2 N–H and O–H groups in total. The van der Waals surface area contributed by atoms with Gasteiger partial charge < -0.3 is 10.6 Å². The summed E-state index contributed by atoms with van der Waals surface area (Å²) in [7, 11) is 0. The van der Waals surface area contributed by atoms with Crippen LogP contribution in [0.4, 0.5) is 5.69 Å². The van der Waals surface area contributed by atoms with Crippen LogP contribution < -0.4 is 10.6 Å². The van der Waals surface area contributed by atoms with Gasteiger partial charge in [-0.2, -0.15) is 0 Å². The highest BCUT2D eigenvalue weighted by Crippen LogP contribution is 2.21. The molecule has 1 aromatic rings. The molecule has 3 heteroatoms.